The molecule has 2 saturated heterocycles. The average Bonchev–Trinajstić information content (AvgIpc) is 3.14. The first-order valence-electron chi connectivity index (χ1n) is 9.53. The van der Waals surface area contributed by atoms with Gasteiger partial charge >= 0.3 is 0 Å². The fraction of sp³-hybridized carbons (Fsp3) is 0.889. The van der Waals surface area contributed by atoms with Crippen molar-refractivity contribution in [1.29, 1.82) is 0 Å². The summed E-state index contributed by atoms with van der Waals surface area (Å²) in [4.78, 5) is 28.3. The zero-order chi connectivity index (χ0) is 18.1. The van der Waals surface area contributed by atoms with Gasteiger partial charge in [-0.05, 0) is 18.8 Å². The number of amides is 2. The highest BCUT2D eigenvalue weighted by atomic mass is 16.5. The lowest BCUT2D eigenvalue weighted by atomic mass is 10.2. The van der Waals surface area contributed by atoms with E-state index < -0.39 is 0 Å². The number of carbonyl (C=O) groups excluding carboxylic acids is 2. The minimum atomic E-state index is -0.227. The topological polar surface area (TPSA) is 71.1 Å². The summed E-state index contributed by atoms with van der Waals surface area (Å²) in [6.45, 7) is 10.6. The first-order valence-corrected chi connectivity index (χ1v) is 9.53. The number of ether oxygens (including phenoxy) is 2. The van der Waals surface area contributed by atoms with Crippen LogP contribution in [0, 0.1) is 5.92 Å². The van der Waals surface area contributed by atoms with Crippen molar-refractivity contribution in [2.75, 3.05) is 59.1 Å². The lowest BCUT2D eigenvalue weighted by Gasteiger charge is -2.35. The molecule has 7 nitrogen and oxygen atoms in total. The van der Waals surface area contributed by atoms with Gasteiger partial charge in [0.05, 0.1) is 6.61 Å². The lowest BCUT2D eigenvalue weighted by molar-refractivity contribution is -0.142. The summed E-state index contributed by atoms with van der Waals surface area (Å²) in [5.74, 6) is 0.712. The summed E-state index contributed by atoms with van der Waals surface area (Å²) in [5, 5.41) is 2.89. The van der Waals surface area contributed by atoms with Gasteiger partial charge in [0.15, 0.2) is 0 Å². The highest BCUT2D eigenvalue weighted by Gasteiger charge is 2.30. The maximum absolute atomic E-state index is 12.3. The fourth-order valence-electron chi connectivity index (χ4n) is 3.10. The monoisotopic (exact) mass is 355 g/mol. The Kier molecular flexibility index (Phi) is 8.64. The molecule has 25 heavy (non-hydrogen) atoms. The molecule has 0 bridgehead atoms. The summed E-state index contributed by atoms with van der Waals surface area (Å²) >= 11 is 0. The maximum atomic E-state index is 12.3. The number of rotatable bonds is 9. The van der Waals surface area contributed by atoms with Crippen molar-refractivity contribution in [2.45, 2.75) is 39.2 Å². The highest BCUT2D eigenvalue weighted by molar-refractivity contribution is 5.81. The molecule has 0 aromatic carbocycles. The average molecular weight is 355 g/mol. The number of carbonyl (C=O) groups is 2. The van der Waals surface area contributed by atoms with Gasteiger partial charge in [-0.25, -0.2) is 0 Å². The predicted octanol–water partition coefficient (Wildman–Crippen LogP) is 0.489. The Morgan fingerprint density at radius 3 is 2.64 bits per heavy atom. The molecule has 2 amide bonds. The van der Waals surface area contributed by atoms with E-state index in [1.54, 1.807) is 0 Å². The van der Waals surface area contributed by atoms with E-state index in [1.165, 1.54) is 0 Å². The Hall–Kier alpha value is -1.18. The molecule has 0 radical (unpaired) electrons. The standard InChI is InChI=1S/C18H33N3O4/c1-15(2)14-24-13-6-19-17(22)5-7-20-8-10-21(11-9-20)18(23)16-4-3-12-25-16/h15-16H,3-14H2,1-2H3,(H,19,22)/t16-/m0/s1. The first kappa shape index (κ1) is 20.1. The van der Waals surface area contributed by atoms with Crippen LogP contribution in [0.25, 0.3) is 0 Å². The Morgan fingerprint density at radius 1 is 1.24 bits per heavy atom. The Bertz CT molecular complexity index is 417. The number of hydrogen-bond acceptors (Lipinski definition) is 5. The van der Waals surface area contributed by atoms with Gasteiger partial charge in [0.25, 0.3) is 5.91 Å². The Balaban J connectivity index is 1.53. The van der Waals surface area contributed by atoms with Crippen molar-refractivity contribution in [3.63, 3.8) is 0 Å². The molecule has 144 valence electrons. The van der Waals surface area contributed by atoms with Gasteiger partial charge in [0, 0.05) is 58.9 Å². The van der Waals surface area contributed by atoms with Gasteiger partial charge in [-0.3, -0.25) is 14.5 Å². The van der Waals surface area contributed by atoms with E-state index in [-0.39, 0.29) is 17.9 Å². The van der Waals surface area contributed by atoms with Crippen LogP contribution in [0.1, 0.15) is 33.1 Å². The van der Waals surface area contributed by atoms with Crippen molar-refractivity contribution in [3.05, 3.63) is 0 Å². The van der Waals surface area contributed by atoms with Gasteiger partial charge in [-0.2, -0.15) is 0 Å². The molecule has 0 saturated carbocycles. The van der Waals surface area contributed by atoms with Crippen LogP contribution in [0.5, 0.6) is 0 Å². The van der Waals surface area contributed by atoms with E-state index in [4.69, 9.17) is 9.47 Å². The van der Waals surface area contributed by atoms with Crippen LogP contribution in [0.4, 0.5) is 0 Å². The molecular weight excluding hydrogens is 322 g/mol. The van der Waals surface area contributed by atoms with E-state index >= 15 is 0 Å². The summed E-state index contributed by atoms with van der Waals surface area (Å²) in [6, 6.07) is 0. The van der Waals surface area contributed by atoms with Crippen LogP contribution < -0.4 is 5.32 Å². The van der Waals surface area contributed by atoms with Crippen molar-refractivity contribution < 1.29 is 19.1 Å². The number of hydrogen-bond donors (Lipinski definition) is 1. The molecule has 0 aromatic rings. The van der Waals surface area contributed by atoms with Gasteiger partial charge < -0.3 is 19.7 Å². The van der Waals surface area contributed by atoms with Crippen LogP contribution >= 0.6 is 0 Å². The third-order valence-electron chi connectivity index (χ3n) is 4.56. The van der Waals surface area contributed by atoms with E-state index in [1.807, 2.05) is 4.90 Å². The minimum absolute atomic E-state index is 0.0611. The predicted molar refractivity (Wildman–Crippen MR) is 95.3 cm³/mol. The number of nitrogens with zero attached hydrogens (tertiary/aromatic N) is 2. The van der Waals surface area contributed by atoms with Crippen LogP contribution in [0.2, 0.25) is 0 Å². The summed E-state index contributed by atoms with van der Waals surface area (Å²) in [5.41, 5.74) is 0. The molecule has 2 heterocycles. The van der Waals surface area contributed by atoms with E-state index in [0.29, 0.717) is 32.1 Å². The highest BCUT2D eigenvalue weighted by Crippen LogP contribution is 2.16. The molecule has 2 aliphatic rings. The van der Waals surface area contributed by atoms with E-state index in [2.05, 4.69) is 24.1 Å². The quantitative estimate of drug-likeness (QED) is 0.610. The van der Waals surface area contributed by atoms with Crippen LogP contribution in [-0.2, 0) is 19.1 Å². The molecule has 7 heteroatoms. The van der Waals surface area contributed by atoms with Crippen LogP contribution in [-0.4, -0.2) is 86.8 Å². The van der Waals surface area contributed by atoms with Gasteiger partial charge in [0.2, 0.25) is 5.91 Å². The largest absolute Gasteiger partial charge is 0.379 e. The Morgan fingerprint density at radius 2 is 2.00 bits per heavy atom. The molecule has 0 aliphatic carbocycles. The van der Waals surface area contributed by atoms with Crippen LogP contribution in [0.15, 0.2) is 0 Å². The van der Waals surface area contributed by atoms with Crippen molar-refractivity contribution in [3.8, 4) is 0 Å². The second-order valence-corrected chi connectivity index (χ2v) is 7.24. The second-order valence-electron chi connectivity index (χ2n) is 7.24. The lowest BCUT2D eigenvalue weighted by Crippen LogP contribution is -2.51. The molecule has 2 aliphatic heterocycles. The van der Waals surface area contributed by atoms with Gasteiger partial charge in [0.1, 0.15) is 6.10 Å². The number of nitrogens with one attached hydrogen (secondary N) is 1. The van der Waals surface area contributed by atoms with Gasteiger partial charge in [-0.1, -0.05) is 13.8 Å². The van der Waals surface area contributed by atoms with Crippen molar-refractivity contribution in [2.24, 2.45) is 5.92 Å². The maximum Gasteiger partial charge on any atom is 0.251 e. The molecule has 0 unspecified atom stereocenters. The minimum Gasteiger partial charge on any atom is -0.379 e. The molecule has 2 fully saturated rings. The van der Waals surface area contributed by atoms with Crippen molar-refractivity contribution >= 4 is 11.8 Å². The molecular formula is C18H33N3O4. The zero-order valence-corrected chi connectivity index (χ0v) is 15.7. The normalized spacial score (nSPS) is 21.7. The van der Waals surface area contributed by atoms with Gasteiger partial charge in [-0.15, -0.1) is 0 Å². The molecule has 2 rings (SSSR count). The summed E-state index contributed by atoms with van der Waals surface area (Å²) in [7, 11) is 0. The smallest absolute Gasteiger partial charge is 0.251 e. The number of piperazine rings is 1. The molecule has 1 N–H and O–H groups in total. The SMILES string of the molecule is CC(C)COCCNC(=O)CCN1CCN(C(=O)[C@@H]2CCCO2)CC1. The van der Waals surface area contributed by atoms with Crippen molar-refractivity contribution in [1.82, 2.24) is 15.1 Å². The van der Waals surface area contributed by atoms with Crippen LogP contribution in [0.3, 0.4) is 0 Å². The molecule has 1 atom stereocenters. The molecule has 0 spiro atoms. The second kappa shape index (κ2) is 10.7. The Labute approximate surface area is 151 Å². The first-order chi connectivity index (χ1) is 12.1. The zero-order valence-electron chi connectivity index (χ0n) is 15.7. The molecule has 0 aromatic heterocycles. The van der Waals surface area contributed by atoms with E-state index in [9.17, 15) is 9.59 Å². The fourth-order valence-corrected chi connectivity index (χ4v) is 3.10. The third kappa shape index (κ3) is 7.30. The van der Waals surface area contributed by atoms with E-state index in [0.717, 1.165) is 52.2 Å². The summed E-state index contributed by atoms with van der Waals surface area (Å²) < 4.78 is 10.9. The summed E-state index contributed by atoms with van der Waals surface area (Å²) in [6.07, 6.45) is 2.09. The third-order valence-corrected chi connectivity index (χ3v) is 4.56.